The van der Waals surface area contributed by atoms with Crippen molar-refractivity contribution >= 4 is 0 Å². The smallest absolute Gasteiger partial charge is 0.160 e. The van der Waals surface area contributed by atoms with Gasteiger partial charge in [0.1, 0.15) is 12.2 Å². The van der Waals surface area contributed by atoms with Crippen molar-refractivity contribution in [3.63, 3.8) is 0 Å². The maximum atomic E-state index is 9.66. The quantitative estimate of drug-likeness (QED) is 0.688. The Balaban J connectivity index is 3.01. The Labute approximate surface area is 100 Å². The van der Waals surface area contributed by atoms with Gasteiger partial charge in [0, 0.05) is 6.61 Å². The minimum atomic E-state index is -1.01. The molecule has 1 rings (SSSR count). The average Bonchev–Trinajstić information content (AvgIpc) is 2.36. The van der Waals surface area contributed by atoms with Gasteiger partial charge in [-0.05, 0) is 24.6 Å². The number of aromatic hydroxyl groups is 1. The maximum absolute atomic E-state index is 9.66. The van der Waals surface area contributed by atoms with Crippen LogP contribution in [0.3, 0.4) is 0 Å². The molecule has 0 aromatic heterocycles. The van der Waals surface area contributed by atoms with Crippen LogP contribution in [-0.4, -0.2) is 41.7 Å². The number of hydrogen-bond donors (Lipinski definition) is 3. The van der Waals surface area contributed by atoms with E-state index in [1.807, 2.05) is 0 Å². The minimum Gasteiger partial charge on any atom is -0.504 e. The first-order chi connectivity index (χ1) is 8.13. The predicted octanol–water partition coefficient (Wildman–Crippen LogP) is 0.832. The van der Waals surface area contributed by atoms with Gasteiger partial charge in [-0.2, -0.15) is 0 Å². The molecule has 17 heavy (non-hydrogen) atoms. The van der Waals surface area contributed by atoms with Crippen molar-refractivity contribution in [3.05, 3.63) is 23.8 Å². The third-order valence-electron chi connectivity index (χ3n) is 2.42. The van der Waals surface area contributed by atoms with E-state index < -0.39 is 18.8 Å². The monoisotopic (exact) mass is 242 g/mol. The number of phenolic OH excluding ortho intramolecular Hbond substituents is 1. The molecule has 0 fully saturated rings. The number of ether oxygens (including phenoxy) is 2. The summed E-state index contributed by atoms with van der Waals surface area (Å²) in [6.07, 6.45) is -1.65. The van der Waals surface area contributed by atoms with Crippen LogP contribution >= 0.6 is 0 Å². The van der Waals surface area contributed by atoms with Crippen LogP contribution < -0.4 is 4.74 Å². The summed E-state index contributed by atoms with van der Waals surface area (Å²) in [4.78, 5) is 0. The Bertz CT molecular complexity index is 353. The first-order valence-corrected chi connectivity index (χ1v) is 5.41. The highest BCUT2D eigenvalue weighted by molar-refractivity contribution is 5.42. The summed E-state index contributed by atoms with van der Waals surface area (Å²) in [6, 6.07) is 4.66. The molecule has 0 aliphatic heterocycles. The van der Waals surface area contributed by atoms with E-state index in [-0.39, 0.29) is 5.75 Å². The summed E-state index contributed by atoms with van der Waals surface area (Å²) in [6.45, 7) is 1.81. The number of methoxy groups -OCH3 is 1. The van der Waals surface area contributed by atoms with Gasteiger partial charge in [0.25, 0.3) is 0 Å². The van der Waals surface area contributed by atoms with Crippen molar-refractivity contribution in [1.82, 2.24) is 0 Å². The van der Waals surface area contributed by atoms with Gasteiger partial charge in [0.15, 0.2) is 11.5 Å². The lowest BCUT2D eigenvalue weighted by Gasteiger charge is -2.22. The molecule has 5 nitrogen and oxygen atoms in total. The zero-order valence-corrected chi connectivity index (χ0v) is 9.96. The average molecular weight is 242 g/mol. The van der Waals surface area contributed by atoms with Crippen LogP contribution in [0.5, 0.6) is 11.5 Å². The van der Waals surface area contributed by atoms with Gasteiger partial charge in [-0.3, -0.25) is 0 Å². The number of rotatable bonds is 6. The molecule has 0 bridgehead atoms. The summed E-state index contributed by atoms with van der Waals surface area (Å²) in [5.41, 5.74) is 0.642. The van der Waals surface area contributed by atoms with E-state index >= 15 is 0 Å². The molecule has 1 aromatic rings. The first-order valence-electron chi connectivity index (χ1n) is 5.41. The van der Waals surface area contributed by atoms with Gasteiger partial charge in [-0.1, -0.05) is 6.07 Å². The molecule has 3 N–H and O–H groups in total. The number of aliphatic hydroxyl groups is 2. The molecule has 0 saturated heterocycles. The molecule has 0 aliphatic carbocycles. The van der Waals surface area contributed by atoms with E-state index in [9.17, 15) is 10.2 Å². The van der Waals surface area contributed by atoms with Crippen molar-refractivity contribution in [1.29, 1.82) is 0 Å². The third-order valence-corrected chi connectivity index (χ3v) is 2.42. The summed E-state index contributed by atoms with van der Waals surface area (Å²) < 4.78 is 10.4. The van der Waals surface area contributed by atoms with E-state index in [0.717, 1.165) is 0 Å². The first kappa shape index (κ1) is 13.8. The number of hydrogen-bond acceptors (Lipinski definition) is 5. The van der Waals surface area contributed by atoms with E-state index in [4.69, 9.17) is 14.6 Å². The fourth-order valence-electron chi connectivity index (χ4n) is 1.58. The molecule has 1 aromatic carbocycles. The van der Waals surface area contributed by atoms with Crippen molar-refractivity contribution in [3.8, 4) is 11.5 Å². The normalized spacial score (nSPS) is 14.4. The van der Waals surface area contributed by atoms with Gasteiger partial charge in [-0.25, -0.2) is 0 Å². The molecule has 0 heterocycles. The summed E-state index contributed by atoms with van der Waals surface area (Å²) in [5, 5.41) is 28.1. The Morgan fingerprint density at radius 3 is 2.59 bits per heavy atom. The van der Waals surface area contributed by atoms with Crippen LogP contribution in [0.1, 0.15) is 18.6 Å². The van der Waals surface area contributed by atoms with Crippen molar-refractivity contribution in [2.75, 3.05) is 20.3 Å². The Morgan fingerprint density at radius 1 is 1.35 bits per heavy atom. The zero-order valence-electron chi connectivity index (χ0n) is 9.96. The molecule has 0 aliphatic rings. The predicted molar refractivity (Wildman–Crippen MR) is 62.1 cm³/mol. The van der Waals surface area contributed by atoms with Crippen LogP contribution in [0.25, 0.3) is 0 Å². The standard InChI is InChI=1S/C12H18O5/c1-3-17-12(10(15)7-13)8-4-5-9(14)11(6-8)16-2/h4-6,10,12-15H,3,7H2,1-2H3/t10-,12+/m1/s1. The molecule has 0 amide bonds. The van der Waals surface area contributed by atoms with Crippen LogP contribution in [0.2, 0.25) is 0 Å². The second-order valence-electron chi connectivity index (χ2n) is 3.56. The SMILES string of the molecule is CCO[C@@H](c1ccc(O)c(OC)c1)[C@H](O)CO. The minimum absolute atomic E-state index is 0.0185. The van der Waals surface area contributed by atoms with Crippen LogP contribution in [-0.2, 0) is 4.74 Å². The highest BCUT2D eigenvalue weighted by Gasteiger charge is 2.22. The lowest BCUT2D eigenvalue weighted by Crippen LogP contribution is -2.24. The molecule has 2 atom stereocenters. The van der Waals surface area contributed by atoms with E-state index in [0.29, 0.717) is 17.9 Å². The van der Waals surface area contributed by atoms with Crippen molar-refractivity contribution < 1.29 is 24.8 Å². The Hall–Kier alpha value is -1.30. The number of phenols is 1. The second-order valence-corrected chi connectivity index (χ2v) is 3.56. The molecule has 0 unspecified atom stereocenters. The summed E-state index contributed by atoms with van der Waals surface area (Å²) in [5.74, 6) is 0.322. The van der Waals surface area contributed by atoms with E-state index in [1.54, 1.807) is 19.1 Å². The van der Waals surface area contributed by atoms with Crippen LogP contribution in [0.15, 0.2) is 18.2 Å². The van der Waals surface area contributed by atoms with Crippen LogP contribution in [0.4, 0.5) is 0 Å². The molecule has 0 spiro atoms. The zero-order chi connectivity index (χ0) is 12.8. The highest BCUT2D eigenvalue weighted by atomic mass is 16.5. The second kappa shape index (κ2) is 6.44. The van der Waals surface area contributed by atoms with E-state index in [1.165, 1.54) is 13.2 Å². The summed E-state index contributed by atoms with van der Waals surface area (Å²) >= 11 is 0. The Kier molecular flexibility index (Phi) is 5.21. The molecule has 96 valence electrons. The molecular formula is C12H18O5. The topological polar surface area (TPSA) is 79.2 Å². The van der Waals surface area contributed by atoms with Gasteiger partial charge in [-0.15, -0.1) is 0 Å². The molecule has 0 saturated carbocycles. The molecule has 5 heteroatoms. The fourth-order valence-corrected chi connectivity index (χ4v) is 1.58. The number of aliphatic hydroxyl groups excluding tert-OH is 2. The number of benzene rings is 1. The fraction of sp³-hybridized carbons (Fsp3) is 0.500. The van der Waals surface area contributed by atoms with Gasteiger partial charge < -0.3 is 24.8 Å². The van der Waals surface area contributed by atoms with Crippen molar-refractivity contribution in [2.24, 2.45) is 0 Å². The highest BCUT2D eigenvalue weighted by Crippen LogP contribution is 2.31. The van der Waals surface area contributed by atoms with Crippen molar-refractivity contribution in [2.45, 2.75) is 19.1 Å². The molecule has 0 radical (unpaired) electrons. The van der Waals surface area contributed by atoms with Gasteiger partial charge >= 0.3 is 0 Å². The summed E-state index contributed by atoms with van der Waals surface area (Å²) in [7, 11) is 1.44. The third kappa shape index (κ3) is 3.33. The van der Waals surface area contributed by atoms with Crippen LogP contribution in [0, 0.1) is 0 Å². The molecular weight excluding hydrogens is 224 g/mol. The maximum Gasteiger partial charge on any atom is 0.160 e. The lowest BCUT2D eigenvalue weighted by molar-refractivity contribution is -0.0560. The largest absolute Gasteiger partial charge is 0.504 e. The van der Waals surface area contributed by atoms with E-state index in [2.05, 4.69) is 0 Å². The lowest BCUT2D eigenvalue weighted by atomic mass is 10.0. The Morgan fingerprint density at radius 2 is 2.06 bits per heavy atom. The van der Waals surface area contributed by atoms with Gasteiger partial charge in [0.05, 0.1) is 13.7 Å². The van der Waals surface area contributed by atoms with Gasteiger partial charge in [0.2, 0.25) is 0 Å².